The molecule has 9 heteroatoms. The zero-order valence-electron chi connectivity index (χ0n) is 26.5. The molecule has 0 unspecified atom stereocenters. The van der Waals surface area contributed by atoms with Gasteiger partial charge in [-0.2, -0.15) is 10.2 Å². The van der Waals surface area contributed by atoms with Crippen molar-refractivity contribution in [1.29, 1.82) is 0 Å². The number of anilines is 1. The number of H-pyrrole nitrogens is 1. The lowest BCUT2D eigenvalue weighted by molar-refractivity contribution is -0.118. The fraction of sp³-hybridized carbons (Fsp3) is 0.297. The Morgan fingerprint density at radius 2 is 1.67 bits per heavy atom. The van der Waals surface area contributed by atoms with Crippen molar-refractivity contribution >= 4 is 17.5 Å². The number of aromatic amines is 1. The van der Waals surface area contributed by atoms with Gasteiger partial charge in [-0.05, 0) is 103 Å². The van der Waals surface area contributed by atoms with Gasteiger partial charge < -0.3 is 16.0 Å². The number of fused-ring (bicyclic) bond motifs is 2. The first-order chi connectivity index (χ1) is 22.4. The molecule has 1 aliphatic carbocycles. The summed E-state index contributed by atoms with van der Waals surface area (Å²) in [4.78, 5) is 27.7. The second-order valence-corrected chi connectivity index (χ2v) is 12.5. The van der Waals surface area contributed by atoms with Crippen LogP contribution in [0.25, 0.3) is 22.3 Å². The third-order valence-corrected chi connectivity index (χ3v) is 9.53. The van der Waals surface area contributed by atoms with Crippen LogP contribution in [0.2, 0.25) is 0 Å². The predicted octanol–water partition coefficient (Wildman–Crippen LogP) is 5.60. The van der Waals surface area contributed by atoms with E-state index in [9.17, 15) is 9.59 Å². The Bertz CT molecular complexity index is 1900. The molecule has 0 saturated carbocycles. The standard InChI is InChI=1S/C37H39N7O2/c1-22-34(23(2)43-42-22)25-11-13-30(14-12-25)40-37(46)35(41-36(45)33-16-18-39-44(33)3)31-6-4-5-24-7-8-27(20-32(24)31)26-9-10-29-21-38-17-15-28(29)19-26/h7-14,16,18-20,31,35,38H,4-6,15,17,21H2,1-3H3,(H,40,46)(H,41,45)(H,42,43)/t31-,35+/m1/s1. The molecule has 2 aliphatic rings. The predicted molar refractivity (Wildman–Crippen MR) is 180 cm³/mol. The lowest BCUT2D eigenvalue weighted by Gasteiger charge is -2.32. The first-order valence-corrected chi connectivity index (χ1v) is 16.0. The number of hydrogen-bond donors (Lipinski definition) is 4. The van der Waals surface area contributed by atoms with Gasteiger partial charge in [-0.15, -0.1) is 0 Å². The van der Waals surface area contributed by atoms with Crippen molar-refractivity contribution in [3.63, 3.8) is 0 Å². The van der Waals surface area contributed by atoms with Crippen LogP contribution in [0.4, 0.5) is 5.69 Å². The molecule has 234 valence electrons. The van der Waals surface area contributed by atoms with Crippen LogP contribution < -0.4 is 16.0 Å². The highest BCUT2D eigenvalue weighted by molar-refractivity contribution is 6.01. The Morgan fingerprint density at radius 3 is 2.41 bits per heavy atom. The zero-order chi connectivity index (χ0) is 31.8. The number of carbonyl (C=O) groups is 2. The molecule has 1 aliphatic heterocycles. The molecule has 0 bridgehead atoms. The highest BCUT2D eigenvalue weighted by atomic mass is 16.2. The van der Waals surface area contributed by atoms with Gasteiger partial charge >= 0.3 is 0 Å². The van der Waals surface area contributed by atoms with Gasteiger partial charge in [-0.25, -0.2) is 0 Å². The van der Waals surface area contributed by atoms with Crippen LogP contribution >= 0.6 is 0 Å². The first kappa shape index (κ1) is 29.7. The number of hydrogen-bond acceptors (Lipinski definition) is 5. The Hall–Kier alpha value is -5.02. The first-order valence-electron chi connectivity index (χ1n) is 16.0. The number of benzene rings is 3. The van der Waals surface area contributed by atoms with E-state index in [1.165, 1.54) is 26.9 Å². The third kappa shape index (κ3) is 5.74. The van der Waals surface area contributed by atoms with E-state index in [4.69, 9.17) is 0 Å². The van der Waals surface area contributed by atoms with E-state index < -0.39 is 6.04 Å². The van der Waals surface area contributed by atoms with E-state index in [-0.39, 0.29) is 17.7 Å². The number of carbonyl (C=O) groups excluding carboxylic acids is 2. The van der Waals surface area contributed by atoms with E-state index in [0.717, 1.165) is 72.4 Å². The minimum absolute atomic E-state index is 0.196. The maximum atomic E-state index is 14.2. The lowest BCUT2D eigenvalue weighted by atomic mass is 9.77. The van der Waals surface area contributed by atoms with Crippen LogP contribution in [0.5, 0.6) is 0 Å². The smallest absolute Gasteiger partial charge is 0.270 e. The van der Waals surface area contributed by atoms with Gasteiger partial charge in [0.25, 0.3) is 5.91 Å². The van der Waals surface area contributed by atoms with Crippen LogP contribution in [0, 0.1) is 13.8 Å². The normalized spacial score (nSPS) is 16.3. The van der Waals surface area contributed by atoms with E-state index >= 15 is 0 Å². The van der Waals surface area contributed by atoms with Crippen molar-refractivity contribution in [3.8, 4) is 22.3 Å². The summed E-state index contributed by atoms with van der Waals surface area (Å²) in [5.41, 5.74) is 12.5. The van der Waals surface area contributed by atoms with Gasteiger partial charge in [0.1, 0.15) is 11.7 Å². The van der Waals surface area contributed by atoms with Crippen molar-refractivity contribution < 1.29 is 9.59 Å². The number of nitrogens with zero attached hydrogens (tertiary/aromatic N) is 3. The number of nitrogens with one attached hydrogen (secondary N) is 4. The monoisotopic (exact) mass is 613 g/mol. The van der Waals surface area contributed by atoms with Crippen LogP contribution in [-0.4, -0.2) is 44.4 Å². The summed E-state index contributed by atoms with van der Waals surface area (Å²) in [6.45, 7) is 5.86. The van der Waals surface area contributed by atoms with Crippen LogP contribution in [0.3, 0.4) is 0 Å². The number of aromatic nitrogens is 4. The van der Waals surface area contributed by atoms with Crippen molar-refractivity contribution in [2.24, 2.45) is 7.05 Å². The minimum Gasteiger partial charge on any atom is -0.338 e. The Kier molecular flexibility index (Phi) is 8.00. The van der Waals surface area contributed by atoms with E-state index in [2.05, 4.69) is 67.6 Å². The number of rotatable bonds is 7. The summed E-state index contributed by atoms with van der Waals surface area (Å²) in [5.74, 6) is -0.769. The lowest BCUT2D eigenvalue weighted by Crippen LogP contribution is -2.48. The van der Waals surface area contributed by atoms with Gasteiger partial charge in [0.15, 0.2) is 0 Å². The molecule has 0 spiro atoms. The second kappa shape index (κ2) is 12.4. The molecule has 3 aromatic carbocycles. The van der Waals surface area contributed by atoms with E-state index in [1.807, 2.05) is 38.1 Å². The summed E-state index contributed by atoms with van der Waals surface area (Å²) >= 11 is 0. The average Bonchev–Trinajstić information content (AvgIpc) is 3.66. The largest absolute Gasteiger partial charge is 0.338 e. The number of aryl methyl sites for hydroxylation is 4. The molecule has 3 heterocycles. The molecule has 5 aromatic rings. The van der Waals surface area contributed by atoms with Crippen molar-refractivity contribution in [2.45, 2.75) is 58.0 Å². The van der Waals surface area contributed by atoms with Gasteiger partial charge in [0, 0.05) is 42.7 Å². The van der Waals surface area contributed by atoms with Crippen molar-refractivity contribution in [2.75, 3.05) is 11.9 Å². The second-order valence-electron chi connectivity index (χ2n) is 12.5. The highest BCUT2D eigenvalue weighted by Gasteiger charge is 2.35. The summed E-state index contributed by atoms with van der Waals surface area (Å²) < 4.78 is 1.53. The Balaban J connectivity index is 1.21. The number of amides is 2. The molecule has 2 amide bonds. The van der Waals surface area contributed by atoms with Gasteiger partial charge in [-0.1, -0.05) is 48.5 Å². The van der Waals surface area contributed by atoms with Crippen molar-refractivity contribution in [3.05, 3.63) is 112 Å². The molecule has 0 saturated heterocycles. The molecule has 2 atom stereocenters. The van der Waals surface area contributed by atoms with Gasteiger partial charge in [0.2, 0.25) is 5.91 Å². The fourth-order valence-corrected chi connectivity index (χ4v) is 7.10. The molecule has 0 fully saturated rings. The summed E-state index contributed by atoms with van der Waals surface area (Å²) in [7, 11) is 1.73. The zero-order valence-corrected chi connectivity index (χ0v) is 26.5. The third-order valence-electron chi connectivity index (χ3n) is 9.53. The molecule has 4 N–H and O–H groups in total. The molecule has 9 nitrogen and oxygen atoms in total. The summed E-state index contributed by atoms with van der Waals surface area (Å²) in [5, 5.41) is 21.2. The van der Waals surface area contributed by atoms with Crippen LogP contribution in [0.15, 0.2) is 72.9 Å². The summed E-state index contributed by atoms with van der Waals surface area (Å²) in [6, 6.07) is 22.0. The van der Waals surface area contributed by atoms with Crippen molar-refractivity contribution in [1.82, 2.24) is 30.6 Å². The van der Waals surface area contributed by atoms with E-state index in [0.29, 0.717) is 11.4 Å². The van der Waals surface area contributed by atoms with Crippen LogP contribution in [0.1, 0.15) is 62.9 Å². The fourth-order valence-electron chi connectivity index (χ4n) is 7.10. The summed E-state index contributed by atoms with van der Waals surface area (Å²) in [6.07, 6.45) is 5.27. The molecule has 2 aromatic heterocycles. The van der Waals surface area contributed by atoms with Gasteiger partial charge in [-0.3, -0.25) is 19.4 Å². The SMILES string of the molecule is Cc1n[nH]c(C)c1-c1ccc(NC(=O)[C@@H](NC(=O)c2ccnn2C)[C@@H]2CCCc3ccc(-c4ccc5c(c4)CCNC5)cc32)cc1. The topological polar surface area (TPSA) is 117 Å². The molecule has 0 radical (unpaired) electrons. The van der Waals surface area contributed by atoms with Gasteiger partial charge in [0.05, 0.1) is 5.69 Å². The average molecular weight is 614 g/mol. The Labute approximate surface area is 268 Å². The minimum atomic E-state index is -0.788. The maximum Gasteiger partial charge on any atom is 0.270 e. The van der Waals surface area contributed by atoms with Crippen LogP contribution in [-0.2, 0) is 31.2 Å². The maximum absolute atomic E-state index is 14.2. The molecular formula is C37H39N7O2. The Morgan fingerprint density at radius 1 is 0.913 bits per heavy atom. The molecule has 7 rings (SSSR count). The highest BCUT2D eigenvalue weighted by Crippen LogP contribution is 2.38. The van der Waals surface area contributed by atoms with E-state index in [1.54, 1.807) is 19.3 Å². The quantitative estimate of drug-likeness (QED) is 0.191. The molecule has 46 heavy (non-hydrogen) atoms. The molecular weight excluding hydrogens is 574 g/mol.